The Morgan fingerprint density at radius 3 is 2.86 bits per heavy atom. The van der Waals surface area contributed by atoms with Crippen LogP contribution in [0.2, 0.25) is 0 Å². The van der Waals surface area contributed by atoms with E-state index in [4.69, 9.17) is 4.74 Å². The van der Waals surface area contributed by atoms with Gasteiger partial charge in [-0.3, -0.25) is 9.78 Å². The number of carbonyl (C=O) groups is 1. The van der Waals surface area contributed by atoms with Crippen molar-refractivity contribution in [2.45, 2.75) is 39.3 Å². The van der Waals surface area contributed by atoms with Gasteiger partial charge in [-0.1, -0.05) is 19.9 Å². The van der Waals surface area contributed by atoms with Gasteiger partial charge in [-0.25, -0.2) is 9.97 Å². The Hall–Kier alpha value is -2.58. The number of anilines is 1. The molecule has 3 aromatic rings. The molecule has 4 heterocycles. The summed E-state index contributed by atoms with van der Waals surface area (Å²) in [7, 11) is 1.68. The molecule has 0 saturated carbocycles. The summed E-state index contributed by atoms with van der Waals surface area (Å²) in [6.07, 6.45) is 4.49. The van der Waals surface area contributed by atoms with Crippen molar-refractivity contribution in [3.63, 3.8) is 0 Å². The molecule has 0 spiro atoms. The molecule has 1 unspecified atom stereocenters. The van der Waals surface area contributed by atoms with Gasteiger partial charge >= 0.3 is 0 Å². The van der Waals surface area contributed by atoms with Crippen LogP contribution in [0.5, 0.6) is 0 Å². The number of pyridine rings is 1. The maximum Gasteiger partial charge on any atom is 0.274 e. The highest BCUT2D eigenvalue weighted by Gasteiger charge is 2.29. The summed E-state index contributed by atoms with van der Waals surface area (Å²) in [5, 5.41) is 5.23. The van der Waals surface area contributed by atoms with Crippen molar-refractivity contribution >= 4 is 33.4 Å². The molecule has 1 N–H and O–H groups in total. The minimum Gasteiger partial charge on any atom is -0.380 e. The van der Waals surface area contributed by atoms with Gasteiger partial charge in [0.1, 0.15) is 0 Å². The molecule has 3 aromatic heterocycles. The maximum atomic E-state index is 13.1. The number of nitrogens with one attached hydrogen (secondary N) is 1. The molecular weight excluding hydrogens is 386 g/mol. The van der Waals surface area contributed by atoms with Gasteiger partial charge in [0.15, 0.2) is 5.69 Å². The number of ether oxygens (including phenoxy) is 1. The topological polar surface area (TPSA) is 80.2 Å². The highest BCUT2D eigenvalue weighted by molar-refractivity contribution is 7.17. The second-order valence-corrected chi connectivity index (χ2v) is 7.50. The molecule has 0 radical (unpaired) electrons. The molecule has 1 amide bonds. The fourth-order valence-electron chi connectivity index (χ4n) is 3.24. The number of likely N-dealkylation sites (tertiary alicyclic amines) is 1. The molecule has 2 atom stereocenters. The van der Waals surface area contributed by atoms with Crippen molar-refractivity contribution in [2.24, 2.45) is 0 Å². The molecule has 1 aliphatic rings. The number of aromatic nitrogens is 3. The number of fused-ring (bicyclic) bond motifs is 1. The van der Waals surface area contributed by atoms with Crippen molar-refractivity contribution in [2.75, 3.05) is 25.5 Å². The lowest BCUT2D eigenvalue weighted by atomic mass is 10.1. The molecule has 1 fully saturated rings. The maximum absolute atomic E-state index is 13.1. The molecule has 29 heavy (non-hydrogen) atoms. The smallest absolute Gasteiger partial charge is 0.274 e. The van der Waals surface area contributed by atoms with Crippen LogP contribution < -0.4 is 5.32 Å². The Morgan fingerprint density at radius 1 is 1.34 bits per heavy atom. The Bertz CT molecular complexity index is 947. The predicted octanol–water partition coefficient (Wildman–Crippen LogP) is 4.15. The van der Waals surface area contributed by atoms with E-state index in [-0.39, 0.29) is 18.1 Å². The van der Waals surface area contributed by atoms with Gasteiger partial charge in [-0.2, -0.15) is 0 Å². The third kappa shape index (κ3) is 4.71. The summed E-state index contributed by atoms with van der Waals surface area (Å²) in [4.78, 5) is 28.2. The Morgan fingerprint density at radius 2 is 2.17 bits per heavy atom. The van der Waals surface area contributed by atoms with Crippen molar-refractivity contribution in [1.29, 1.82) is 0 Å². The van der Waals surface area contributed by atoms with Crippen LogP contribution in [0.3, 0.4) is 0 Å². The van der Waals surface area contributed by atoms with E-state index in [1.165, 1.54) is 11.3 Å². The van der Waals surface area contributed by atoms with Crippen LogP contribution in [0.1, 0.15) is 49.3 Å². The molecule has 0 bridgehead atoms. The van der Waals surface area contributed by atoms with Gasteiger partial charge < -0.3 is 15.0 Å². The zero-order chi connectivity index (χ0) is 20.8. The number of hydrogen-bond acceptors (Lipinski definition) is 7. The van der Waals surface area contributed by atoms with Crippen molar-refractivity contribution < 1.29 is 9.53 Å². The van der Waals surface area contributed by atoms with E-state index in [9.17, 15) is 4.79 Å². The summed E-state index contributed by atoms with van der Waals surface area (Å²) >= 11 is 1.49. The number of rotatable bonds is 5. The molecule has 1 saturated heterocycles. The lowest BCUT2D eigenvalue weighted by Gasteiger charge is -2.18. The van der Waals surface area contributed by atoms with Crippen LogP contribution >= 0.6 is 11.3 Å². The largest absolute Gasteiger partial charge is 0.380 e. The third-order valence-electron chi connectivity index (χ3n) is 4.80. The molecule has 7 nitrogen and oxygen atoms in total. The number of methoxy groups -OCH3 is 1. The van der Waals surface area contributed by atoms with Crippen molar-refractivity contribution in [3.05, 3.63) is 47.2 Å². The molecular formula is C21H27N5O2S. The second kappa shape index (κ2) is 9.76. The Labute approximate surface area is 175 Å². The molecule has 0 aromatic carbocycles. The first-order valence-corrected chi connectivity index (χ1v) is 10.8. The SMILES string of the molecule is CC.CO[C@@H]1CCN(C(=O)c2nc(NC(C)c3cccnc3)nc3ccsc23)C1. The number of nitrogens with zero attached hydrogens (tertiary/aromatic N) is 4. The lowest BCUT2D eigenvalue weighted by molar-refractivity contribution is 0.0721. The minimum absolute atomic E-state index is 0.0256. The van der Waals surface area contributed by atoms with E-state index < -0.39 is 0 Å². The lowest BCUT2D eigenvalue weighted by Crippen LogP contribution is -2.31. The second-order valence-electron chi connectivity index (χ2n) is 6.58. The molecule has 8 heteroatoms. The third-order valence-corrected chi connectivity index (χ3v) is 5.71. The van der Waals surface area contributed by atoms with Gasteiger partial charge in [-0.15, -0.1) is 11.3 Å². The normalized spacial score (nSPS) is 17.0. The zero-order valence-corrected chi connectivity index (χ0v) is 18.1. The standard InChI is InChI=1S/C19H21N5O2S.C2H6/c1-12(13-4-3-7-20-10-13)21-19-22-15-6-9-27-17(15)16(23-19)18(25)24-8-5-14(11-24)26-2;1-2/h3-4,6-7,9-10,12,14H,5,8,11H2,1-2H3,(H,21,22,23);1-2H3/t12?,14-;/m1./s1. The summed E-state index contributed by atoms with van der Waals surface area (Å²) < 4.78 is 6.20. The number of thiophene rings is 1. The van der Waals surface area contributed by atoms with Gasteiger partial charge in [0.25, 0.3) is 5.91 Å². The monoisotopic (exact) mass is 413 g/mol. The highest BCUT2D eigenvalue weighted by Crippen LogP contribution is 2.27. The van der Waals surface area contributed by atoms with E-state index in [1.807, 2.05) is 55.4 Å². The average Bonchev–Trinajstić information content (AvgIpc) is 3.44. The summed E-state index contributed by atoms with van der Waals surface area (Å²) in [5.74, 6) is 0.379. The number of amides is 1. The van der Waals surface area contributed by atoms with E-state index >= 15 is 0 Å². The first-order chi connectivity index (χ1) is 14.2. The average molecular weight is 414 g/mol. The van der Waals surface area contributed by atoms with E-state index in [1.54, 1.807) is 13.3 Å². The molecule has 4 rings (SSSR count). The summed E-state index contributed by atoms with van der Waals surface area (Å²) in [5.41, 5.74) is 2.26. The van der Waals surface area contributed by atoms with E-state index in [0.29, 0.717) is 24.7 Å². The zero-order valence-electron chi connectivity index (χ0n) is 17.3. The fraction of sp³-hybridized carbons (Fsp3) is 0.429. The van der Waals surface area contributed by atoms with Crippen LogP contribution in [-0.2, 0) is 4.74 Å². The number of hydrogen-bond donors (Lipinski definition) is 1. The highest BCUT2D eigenvalue weighted by atomic mass is 32.1. The van der Waals surface area contributed by atoms with Gasteiger partial charge in [0.2, 0.25) is 5.95 Å². The predicted molar refractivity (Wildman–Crippen MR) is 116 cm³/mol. The minimum atomic E-state index is -0.0681. The summed E-state index contributed by atoms with van der Waals surface area (Å²) in [6.45, 7) is 7.30. The fourth-order valence-corrected chi connectivity index (χ4v) is 4.05. The van der Waals surface area contributed by atoms with Crippen LogP contribution in [0.15, 0.2) is 36.0 Å². The molecule has 1 aliphatic heterocycles. The number of carbonyl (C=O) groups excluding carboxylic acids is 1. The van der Waals surface area contributed by atoms with Crippen LogP contribution in [0.4, 0.5) is 5.95 Å². The Kier molecular flexibility index (Phi) is 7.11. The van der Waals surface area contributed by atoms with Crippen molar-refractivity contribution in [3.8, 4) is 0 Å². The van der Waals surface area contributed by atoms with E-state index in [2.05, 4.69) is 20.3 Å². The van der Waals surface area contributed by atoms with E-state index in [0.717, 1.165) is 22.2 Å². The van der Waals surface area contributed by atoms with Gasteiger partial charge in [0, 0.05) is 32.6 Å². The van der Waals surface area contributed by atoms with Crippen molar-refractivity contribution in [1.82, 2.24) is 19.9 Å². The molecule has 0 aliphatic carbocycles. The van der Waals surface area contributed by atoms with Gasteiger partial charge in [0.05, 0.1) is 22.4 Å². The van der Waals surface area contributed by atoms with Gasteiger partial charge in [-0.05, 0) is 36.4 Å². The molecule has 154 valence electrons. The van der Waals surface area contributed by atoms with Crippen LogP contribution in [-0.4, -0.2) is 52.1 Å². The van der Waals surface area contributed by atoms with Crippen LogP contribution in [0, 0.1) is 0 Å². The quantitative estimate of drug-likeness (QED) is 0.677. The first-order valence-electron chi connectivity index (χ1n) is 9.89. The first kappa shape index (κ1) is 21.1. The summed E-state index contributed by atoms with van der Waals surface area (Å²) in [6, 6.07) is 5.78. The Balaban J connectivity index is 0.00000117. The van der Waals surface area contributed by atoms with Crippen LogP contribution in [0.25, 0.3) is 10.2 Å².